The van der Waals surface area contributed by atoms with Gasteiger partial charge >= 0.3 is 12.2 Å². The van der Waals surface area contributed by atoms with Crippen LogP contribution in [0, 0.1) is 24.0 Å². The normalized spacial score (nSPS) is 10.6. The summed E-state index contributed by atoms with van der Waals surface area (Å²) in [6.07, 6.45) is -1.03. The van der Waals surface area contributed by atoms with Gasteiger partial charge < -0.3 is 15.2 Å². The zero-order valence-corrected chi connectivity index (χ0v) is 20.1. The first kappa shape index (κ1) is 24.9. The molecule has 0 spiro atoms. The van der Waals surface area contributed by atoms with Crippen LogP contribution in [0.25, 0.3) is 21.8 Å². The number of nitrogens with zero attached hydrogens (tertiary/aromatic N) is 3. The first-order valence-corrected chi connectivity index (χ1v) is 10.5. The maximum absolute atomic E-state index is 11.6. The van der Waals surface area contributed by atoms with E-state index in [4.69, 9.17) is 33.7 Å². The van der Waals surface area contributed by atoms with Gasteiger partial charge in [-0.1, -0.05) is 23.2 Å². The van der Waals surface area contributed by atoms with E-state index in [9.17, 15) is 19.7 Å². The van der Waals surface area contributed by atoms with Crippen LogP contribution in [0.2, 0.25) is 10.0 Å². The summed E-state index contributed by atoms with van der Waals surface area (Å²) < 4.78 is 12.1. The molecule has 0 aliphatic heterocycles. The van der Waals surface area contributed by atoms with Crippen molar-refractivity contribution in [3.05, 3.63) is 67.9 Å². The second-order valence-electron chi connectivity index (χ2n) is 7.16. The zero-order valence-electron chi connectivity index (χ0n) is 18.6. The Balaban J connectivity index is 0.000000192. The summed E-state index contributed by atoms with van der Waals surface area (Å²) in [6, 6.07) is 9.70. The molecule has 0 unspecified atom stereocenters. The topological polar surface area (TPSA) is 132 Å². The Kier molecular flexibility index (Phi) is 7.04. The fourth-order valence-electron chi connectivity index (χ4n) is 3.63. The van der Waals surface area contributed by atoms with Gasteiger partial charge in [-0.3, -0.25) is 10.1 Å². The third-order valence-electron chi connectivity index (χ3n) is 5.15. The molecule has 0 amide bonds. The summed E-state index contributed by atoms with van der Waals surface area (Å²) >= 11 is 11.7. The number of ether oxygens (including phenoxy) is 2. The number of aryl methyl sites for hydroxylation is 2. The number of halogens is 2. The van der Waals surface area contributed by atoms with Gasteiger partial charge in [0.2, 0.25) is 0 Å². The molecule has 2 heterocycles. The van der Waals surface area contributed by atoms with Crippen molar-refractivity contribution in [1.29, 1.82) is 0 Å². The van der Waals surface area contributed by atoms with E-state index in [1.54, 1.807) is 25.1 Å². The minimum absolute atomic E-state index is 0.0366. The molecule has 0 saturated heterocycles. The first-order chi connectivity index (χ1) is 16.0. The van der Waals surface area contributed by atoms with Gasteiger partial charge in [-0.15, -0.1) is 0 Å². The molecule has 0 saturated carbocycles. The molecule has 0 aliphatic carbocycles. The number of nitro benzene ring substituents is 1. The second kappa shape index (κ2) is 9.62. The Bertz CT molecular complexity index is 1460. The fraction of sp³-hybridized carbons (Fsp3) is 0.182. The maximum Gasteiger partial charge on any atom is 0.418 e. The lowest BCUT2D eigenvalue weighted by Gasteiger charge is -2.05. The Morgan fingerprint density at radius 3 is 1.79 bits per heavy atom. The van der Waals surface area contributed by atoms with Crippen molar-refractivity contribution in [2.75, 3.05) is 20.0 Å². The molecule has 178 valence electrons. The van der Waals surface area contributed by atoms with E-state index in [1.807, 2.05) is 13.0 Å². The summed E-state index contributed by atoms with van der Waals surface area (Å²) in [4.78, 5) is 33.6. The average Bonchev–Trinajstić information content (AvgIpc) is 3.31. The van der Waals surface area contributed by atoms with E-state index in [1.165, 1.54) is 35.5 Å². The number of hydrogen-bond acceptors (Lipinski definition) is 7. The number of carbonyl (C=O) groups excluding carboxylic acids is 2. The molecule has 2 N–H and O–H groups in total. The minimum Gasteiger partial charge on any atom is -0.452 e. The predicted molar refractivity (Wildman–Crippen MR) is 130 cm³/mol. The largest absolute Gasteiger partial charge is 0.452 e. The number of methoxy groups -OCH3 is 2. The number of nitrogen functional groups attached to an aromatic ring is 1. The Morgan fingerprint density at radius 1 is 0.882 bits per heavy atom. The number of nitro groups is 1. The SMILES string of the molecule is COC(=O)n1c(C)cc2c(N)c(Cl)ccc21.COC(=O)n1c(C)cc2c([N+](=O)[O-])c(Cl)ccc21. The van der Waals surface area contributed by atoms with E-state index in [-0.39, 0.29) is 10.7 Å². The van der Waals surface area contributed by atoms with Gasteiger partial charge in [0.25, 0.3) is 5.69 Å². The number of benzene rings is 2. The van der Waals surface area contributed by atoms with Crippen LogP contribution in [0.15, 0.2) is 36.4 Å². The fourth-order valence-corrected chi connectivity index (χ4v) is 4.03. The zero-order chi connectivity index (χ0) is 25.3. The number of aromatic nitrogens is 2. The second-order valence-corrected chi connectivity index (χ2v) is 7.98. The molecule has 10 nitrogen and oxygen atoms in total. The monoisotopic (exact) mass is 506 g/mol. The Hall–Kier alpha value is -3.76. The molecular formula is C22H20Cl2N4O6. The highest BCUT2D eigenvalue weighted by Crippen LogP contribution is 2.35. The number of hydrogen-bond donors (Lipinski definition) is 1. The number of fused-ring (bicyclic) bond motifs is 2. The van der Waals surface area contributed by atoms with Gasteiger partial charge in [-0.05, 0) is 50.2 Å². The van der Waals surface area contributed by atoms with E-state index in [2.05, 4.69) is 4.74 Å². The van der Waals surface area contributed by atoms with Crippen molar-refractivity contribution >= 4 is 68.6 Å². The van der Waals surface area contributed by atoms with Gasteiger partial charge in [0, 0.05) is 16.8 Å². The molecule has 0 aliphatic rings. The number of carbonyl (C=O) groups is 2. The third kappa shape index (κ3) is 4.25. The standard InChI is InChI=1S/C11H9ClN2O4.C11H11ClN2O2/c1-6-5-7-9(13(6)11(15)18-2)4-3-8(12)10(7)14(16)17;1-6-5-7-9(14(6)11(15)16-2)4-3-8(12)10(7)13/h3-5H,1-2H3;3-5H,13H2,1-2H3. The summed E-state index contributed by atoms with van der Waals surface area (Å²) in [5.41, 5.74) is 8.52. The van der Waals surface area contributed by atoms with E-state index in [0.29, 0.717) is 32.8 Å². The van der Waals surface area contributed by atoms with Crippen LogP contribution >= 0.6 is 23.2 Å². The van der Waals surface area contributed by atoms with Gasteiger partial charge in [-0.25, -0.2) is 18.7 Å². The smallest absolute Gasteiger partial charge is 0.418 e. The molecule has 2 aromatic heterocycles. The van der Waals surface area contributed by atoms with Crippen molar-refractivity contribution in [1.82, 2.24) is 9.13 Å². The van der Waals surface area contributed by atoms with Crippen LogP contribution in [0.5, 0.6) is 0 Å². The van der Waals surface area contributed by atoms with Crippen molar-refractivity contribution in [2.45, 2.75) is 13.8 Å². The molecule has 0 radical (unpaired) electrons. The van der Waals surface area contributed by atoms with Crippen molar-refractivity contribution < 1.29 is 24.0 Å². The van der Waals surface area contributed by atoms with Crippen LogP contribution in [0.3, 0.4) is 0 Å². The molecule has 0 bridgehead atoms. The molecule has 4 rings (SSSR count). The van der Waals surface area contributed by atoms with Crippen molar-refractivity contribution in [3.63, 3.8) is 0 Å². The van der Waals surface area contributed by atoms with Crippen molar-refractivity contribution in [2.24, 2.45) is 0 Å². The first-order valence-electron chi connectivity index (χ1n) is 9.71. The number of rotatable bonds is 1. The molecule has 34 heavy (non-hydrogen) atoms. The highest BCUT2D eigenvalue weighted by molar-refractivity contribution is 6.35. The average molecular weight is 507 g/mol. The van der Waals surface area contributed by atoms with Crippen LogP contribution < -0.4 is 5.73 Å². The minimum atomic E-state index is -0.598. The lowest BCUT2D eigenvalue weighted by atomic mass is 10.2. The molecule has 0 fully saturated rings. The lowest BCUT2D eigenvalue weighted by molar-refractivity contribution is -0.382. The van der Waals surface area contributed by atoms with Gasteiger partial charge in [0.15, 0.2) is 0 Å². The molecular weight excluding hydrogens is 487 g/mol. The molecule has 12 heteroatoms. The van der Waals surface area contributed by atoms with Gasteiger partial charge in [0.1, 0.15) is 5.02 Å². The number of nitrogens with two attached hydrogens (primary N) is 1. The van der Waals surface area contributed by atoms with Gasteiger partial charge in [-0.2, -0.15) is 0 Å². The summed E-state index contributed by atoms with van der Waals surface area (Å²) in [5.74, 6) is 0. The number of anilines is 1. The van der Waals surface area contributed by atoms with Gasteiger partial charge in [0.05, 0.1) is 46.3 Å². The van der Waals surface area contributed by atoms with E-state index in [0.717, 1.165) is 11.1 Å². The highest BCUT2D eigenvalue weighted by atomic mass is 35.5. The maximum atomic E-state index is 11.6. The van der Waals surface area contributed by atoms with E-state index < -0.39 is 17.1 Å². The highest BCUT2D eigenvalue weighted by Gasteiger charge is 2.23. The van der Waals surface area contributed by atoms with Crippen molar-refractivity contribution in [3.8, 4) is 0 Å². The van der Waals surface area contributed by atoms with Crippen LogP contribution in [0.4, 0.5) is 21.0 Å². The predicted octanol–water partition coefficient (Wildman–Crippen LogP) is 5.93. The molecule has 2 aromatic carbocycles. The lowest BCUT2D eigenvalue weighted by Crippen LogP contribution is -2.12. The quantitative estimate of drug-likeness (QED) is 0.192. The molecule has 4 aromatic rings. The Labute approximate surface area is 203 Å². The molecule has 0 atom stereocenters. The van der Waals surface area contributed by atoms with Crippen LogP contribution in [-0.2, 0) is 9.47 Å². The summed E-state index contributed by atoms with van der Waals surface area (Å²) in [5, 5.41) is 12.6. The Morgan fingerprint density at radius 2 is 1.32 bits per heavy atom. The van der Waals surface area contributed by atoms with E-state index >= 15 is 0 Å². The summed E-state index contributed by atoms with van der Waals surface area (Å²) in [6.45, 7) is 3.47. The third-order valence-corrected chi connectivity index (χ3v) is 5.78. The van der Waals surface area contributed by atoms with Crippen LogP contribution in [-0.4, -0.2) is 40.5 Å². The van der Waals surface area contributed by atoms with Crippen LogP contribution in [0.1, 0.15) is 11.4 Å². The summed E-state index contributed by atoms with van der Waals surface area (Å²) in [7, 11) is 2.59.